The van der Waals surface area contributed by atoms with E-state index in [9.17, 15) is 9.59 Å². The Balaban J connectivity index is 2.21. The fraction of sp³-hybridized carbons (Fsp3) is 0.625. The number of alkyl carbamates (subject to hydrolysis) is 1. The van der Waals surface area contributed by atoms with Gasteiger partial charge < -0.3 is 15.4 Å². The Labute approximate surface area is 136 Å². The van der Waals surface area contributed by atoms with Crippen LogP contribution in [-0.4, -0.2) is 30.2 Å². The van der Waals surface area contributed by atoms with E-state index in [1.807, 2.05) is 6.92 Å². The SMILES string of the molecule is Cc1ccc(CC(C)NC(=O)CCNC(=O)OC(C)(C)C)s1. The normalized spacial score (nSPS) is 12.6. The number of hydrogen-bond acceptors (Lipinski definition) is 4. The Bertz CT molecular complexity index is 506. The van der Waals surface area contributed by atoms with Gasteiger partial charge in [-0.15, -0.1) is 11.3 Å². The molecular formula is C16H26N2O3S. The van der Waals surface area contributed by atoms with Crippen LogP contribution < -0.4 is 10.6 Å². The van der Waals surface area contributed by atoms with Gasteiger partial charge in [0.1, 0.15) is 5.60 Å². The number of aryl methyl sites for hydroxylation is 1. The minimum Gasteiger partial charge on any atom is -0.444 e. The molecule has 0 radical (unpaired) electrons. The molecule has 1 rings (SSSR count). The van der Waals surface area contributed by atoms with Crippen LogP contribution in [0.5, 0.6) is 0 Å². The predicted molar refractivity (Wildman–Crippen MR) is 89.2 cm³/mol. The monoisotopic (exact) mass is 326 g/mol. The van der Waals surface area contributed by atoms with Gasteiger partial charge in [0.25, 0.3) is 0 Å². The number of ether oxygens (including phenoxy) is 1. The summed E-state index contributed by atoms with van der Waals surface area (Å²) in [4.78, 5) is 25.8. The van der Waals surface area contributed by atoms with Crippen LogP contribution in [0.3, 0.4) is 0 Å². The molecule has 1 aromatic heterocycles. The van der Waals surface area contributed by atoms with Crippen molar-refractivity contribution >= 4 is 23.3 Å². The molecule has 0 saturated carbocycles. The first-order chi connectivity index (χ1) is 10.2. The van der Waals surface area contributed by atoms with Crippen molar-refractivity contribution in [1.29, 1.82) is 0 Å². The average molecular weight is 326 g/mol. The van der Waals surface area contributed by atoms with Crippen molar-refractivity contribution < 1.29 is 14.3 Å². The first kappa shape index (κ1) is 18.5. The molecule has 0 aliphatic heterocycles. The van der Waals surface area contributed by atoms with Gasteiger partial charge in [0, 0.05) is 35.2 Å². The van der Waals surface area contributed by atoms with E-state index < -0.39 is 11.7 Å². The van der Waals surface area contributed by atoms with Crippen molar-refractivity contribution in [3.05, 3.63) is 21.9 Å². The van der Waals surface area contributed by atoms with Crippen LogP contribution >= 0.6 is 11.3 Å². The van der Waals surface area contributed by atoms with E-state index in [-0.39, 0.29) is 24.9 Å². The van der Waals surface area contributed by atoms with Crippen molar-refractivity contribution in [3.8, 4) is 0 Å². The molecule has 0 fully saturated rings. The zero-order valence-electron chi connectivity index (χ0n) is 14.0. The molecule has 0 spiro atoms. The molecule has 2 N–H and O–H groups in total. The van der Waals surface area contributed by atoms with Crippen LogP contribution in [0.2, 0.25) is 0 Å². The number of hydrogen-bond donors (Lipinski definition) is 2. The summed E-state index contributed by atoms with van der Waals surface area (Å²) in [6.07, 6.45) is 0.568. The third kappa shape index (κ3) is 8.02. The van der Waals surface area contributed by atoms with Crippen LogP contribution in [0, 0.1) is 6.92 Å². The van der Waals surface area contributed by atoms with Gasteiger partial charge in [-0.25, -0.2) is 4.79 Å². The fourth-order valence-electron chi connectivity index (χ4n) is 1.89. The summed E-state index contributed by atoms with van der Waals surface area (Å²) in [7, 11) is 0. The standard InChI is InChI=1S/C16H26N2O3S/c1-11(10-13-7-6-12(2)22-13)18-14(19)8-9-17-15(20)21-16(3,4)5/h6-7,11H,8-10H2,1-5H3,(H,17,20)(H,18,19). The number of nitrogens with one attached hydrogen (secondary N) is 2. The molecule has 124 valence electrons. The largest absolute Gasteiger partial charge is 0.444 e. The van der Waals surface area contributed by atoms with E-state index in [0.717, 1.165) is 6.42 Å². The number of carbonyl (C=O) groups excluding carboxylic acids is 2. The molecule has 1 unspecified atom stereocenters. The third-order valence-electron chi connectivity index (χ3n) is 2.73. The van der Waals surface area contributed by atoms with E-state index in [4.69, 9.17) is 4.74 Å². The minimum absolute atomic E-state index is 0.0724. The summed E-state index contributed by atoms with van der Waals surface area (Å²) in [6, 6.07) is 4.25. The molecular weight excluding hydrogens is 300 g/mol. The Morgan fingerprint density at radius 2 is 2.00 bits per heavy atom. The lowest BCUT2D eigenvalue weighted by Gasteiger charge is -2.19. The lowest BCUT2D eigenvalue weighted by Crippen LogP contribution is -2.38. The molecule has 0 bridgehead atoms. The van der Waals surface area contributed by atoms with Crippen molar-refractivity contribution in [3.63, 3.8) is 0 Å². The quantitative estimate of drug-likeness (QED) is 0.844. The van der Waals surface area contributed by atoms with Crippen LogP contribution in [0.25, 0.3) is 0 Å². The first-order valence-electron chi connectivity index (χ1n) is 7.47. The predicted octanol–water partition coefficient (Wildman–Crippen LogP) is 3.02. The molecule has 6 heteroatoms. The van der Waals surface area contributed by atoms with Gasteiger partial charge in [-0.05, 0) is 46.8 Å². The van der Waals surface area contributed by atoms with Crippen LogP contribution in [-0.2, 0) is 16.0 Å². The summed E-state index contributed by atoms with van der Waals surface area (Å²) < 4.78 is 5.10. The number of rotatable bonds is 6. The van der Waals surface area contributed by atoms with Gasteiger partial charge >= 0.3 is 6.09 Å². The molecule has 0 aliphatic carbocycles. The van der Waals surface area contributed by atoms with Gasteiger partial charge in [0.15, 0.2) is 0 Å². The van der Waals surface area contributed by atoms with Crippen molar-refractivity contribution in [2.45, 2.75) is 59.1 Å². The summed E-state index contributed by atoms with van der Waals surface area (Å²) in [5.41, 5.74) is -0.528. The van der Waals surface area contributed by atoms with E-state index in [1.54, 1.807) is 32.1 Å². The zero-order chi connectivity index (χ0) is 16.8. The smallest absolute Gasteiger partial charge is 0.407 e. The van der Waals surface area contributed by atoms with Gasteiger partial charge in [-0.2, -0.15) is 0 Å². The maximum absolute atomic E-state index is 11.8. The van der Waals surface area contributed by atoms with Gasteiger partial charge in [0.2, 0.25) is 5.91 Å². The molecule has 22 heavy (non-hydrogen) atoms. The maximum Gasteiger partial charge on any atom is 0.407 e. The van der Waals surface area contributed by atoms with Crippen LogP contribution in [0.1, 0.15) is 43.9 Å². The summed E-state index contributed by atoms with van der Waals surface area (Å²) in [5.74, 6) is -0.0724. The van der Waals surface area contributed by atoms with E-state index >= 15 is 0 Å². The highest BCUT2D eigenvalue weighted by Gasteiger charge is 2.16. The summed E-state index contributed by atoms with van der Waals surface area (Å²) in [6.45, 7) is 9.72. The topological polar surface area (TPSA) is 67.4 Å². The number of amides is 2. The molecule has 1 heterocycles. The summed E-state index contributed by atoms with van der Waals surface area (Å²) >= 11 is 1.75. The second-order valence-corrected chi connectivity index (χ2v) is 7.74. The van der Waals surface area contributed by atoms with Gasteiger partial charge in [-0.3, -0.25) is 4.79 Å². The highest BCUT2D eigenvalue weighted by molar-refractivity contribution is 7.11. The molecule has 0 aromatic carbocycles. The van der Waals surface area contributed by atoms with E-state index in [2.05, 4.69) is 29.7 Å². The Morgan fingerprint density at radius 3 is 2.55 bits per heavy atom. The van der Waals surface area contributed by atoms with Crippen molar-refractivity contribution in [1.82, 2.24) is 10.6 Å². The Hall–Kier alpha value is -1.56. The Morgan fingerprint density at radius 1 is 1.32 bits per heavy atom. The lowest BCUT2D eigenvalue weighted by molar-refractivity contribution is -0.121. The van der Waals surface area contributed by atoms with E-state index in [0.29, 0.717) is 0 Å². The summed E-state index contributed by atoms with van der Waals surface area (Å²) in [5, 5.41) is 5.51. The molecule has 0 aliphatic rings. The van der Waals surface area contributed by atoms with Crippen LogP contribution in [0.15, 0.2) is 12.1 Å². The fourth-order valence-corrected chi connectivity index (χ4v) is 2.91. The molecule has 0 saturated heterocycles. The minimum atomic E-state index is -0.528. The molecule has 2 amide bonds. The molecule has 1 atom stereocenters. The number of thiophene rings is 1. The lowest BCUT2D eigenvalue weighted by atomic mass is 10.2. The second kappa shape index (κ2) is 8.17. The molecule has 1 aromatic rings. The van der Waals surface area contributed by atoms with Gasteiger partial charge in [0.05, 0.1) is 0 Å². The first-order valence-corrected chi connectivity index (χ1v) is 8.29. The molecule has 5 nitrogen and oxygen atoms in total. The van der Waals surface area contributed by atoms with Crippen molar-refractivity contribution in [2.75, 3.05) is 6.54 Å². The highest BCUT2D eigenvalue weighted by Crippen LogP contribution is 2.16. The average Bonchev–Trinajstić information content (AvgIpc) is 2.71. The highest BCUT2D eigenvalue weighted by atomic mass is 32.1. The second-order valence-electron chi connectivity index (χ2n) is 6.36. The third-order valence-corrected chi connectivity index (χ3v) is 3.75. The number of carbonyl (C=O) groups is 2. The zero-order valence-corrected chi connectivity index (χ0v) is 14.8. The van der Waals surface area contributed by atoms with Gasteiger partial charge in [-0.1, -0.05) is 0 Å². The van der Waals surface area contributed by atoms with Crippen molar-refractivity contribution in [2.24, 2.45) is 0 Å². The maximum atomic E-state index is 11.8. The Kier molecular flexibility index (Phi) is 6.87. The van der Waals surface area contributed by atoms with E-state index in [1.165, 1.54) is 9.75 Å². The van der Waals surface area contributed by atoms with Crippen LogP contribution in [0.4, 0.5) is 4.79 Å².